The van der Waals surface area contributed by atoms with Crippen LogP contribution < -0.4 is 10.2 Å². The van der Waals surface area contributed by atoms with Crippen molar-refractivity contribution < 1.29 is 13.6 Å². The summed E-state index contributed by atoms with van der Waals surface area (Å²) in [5, 5.41) is 2.48. The fourth-order valence-electron chi connectivity index (χ4n) is 1.56. The molecule has 0 aliphatic carbocycles. The van der Waals surface area contributed by atoms with E-state index >= 15 is 0 Å². The Bertz CT molecular complexity index is 627. The molecule has 2 rings (SSSR count). The summed E-state index contributed by atoms with van der Waals surface area (Å²) in [6, 6.07) is 6.48. The third kappa shape index (κ3) is 3.09. The van der Waals surface area contributed by atoms with Crippen molar-refractivity contribution in [2.24, 2.45) is 0 Å². The molecule has 20 heavy (non-hydrogen) atoms. The molecule has 0 saturated carbocycles. The Balaban J connectivity index is 2.13. The Morgan fingerprint density at radius 1 is 1.15 bits per heavy atom. The molecule has 4 nitrogen and oxygen atoms in total. The van der Waals surface area contributed by atoms with E-state index in [0.29, 0.717) is 5.56 Å². The first kappa shape index (κ1) is 13.9. The third-order valence-electron chi connectivity index (χ3n) is 2.65. The van der Waals surface area contributed by atoms with Crippen LogP contribution in [0.1, 0.15) is 10.4 Å². The van der Waals surface area contributed by atoms with Crippen LogP contribution >= 0.6 is 0 Å². The van der Waals surface area contributed by atoms with Gasteiger partial charge >= 0.3 is 0 Å². The molecule has 2 aromatic rings. The molecule has 0 atom stereocenters. The van der Waals surface area contributed by atoms with E-state index in [2.05, 4.69) is 10.3 Å². The molecular formula is C14H13F2N3O. The topological polar surface area (TPSA) is 45.2 Å². The van der Waals surface area contributed by atoms with Crippen LogP contribution in [-0.2, 0) is 0 Å². The second-order valence-electron chi connectivity index (χ2n) is 4.38. The van der Waals surface area contributed by atoms with E-state index in [1.807, 2.05) is 14.1 Å². The smallest absolute Gasteiger partial charge is 0.257 e. The lowest BCUT2D eigenvalue weighted by Gasteiger charge is -2.11. The lowest BCUT2D eigenvalue weighted by molar-refractivity contribution is 0.102. The van der Waals surface area contributed by atoms with Gasteiger partial charge in [0, 0.05) is 32.0 Å². The number of rotatable bonds is 3. The van der Waals surface area contributed by atoms with Gasteiger partial charge in [-0.15, -0.1) is 0 Å². The van der Waals surface area contributed by atoms with Gasteiger partial charge in [-0.1, -0.05) is 0 Å². The van der Waals surface area contributed by atoms with Crippen molar-refractivity contribution >= 4 is 17.4 Å². The van der Waals surface area contributed by atoms with Crippen molar-refractivity contribution in [1.82, 2.24) is 4.98 Å². The highest BCUT2D eigenvalue weighted by Gasteiger charge is 2.09. The zero-order valence-electron chi connectivity index (χ0n) is 11.0. The number of nitrogens with zero attached hydrogens (tertiary/aromatic N) is 2. The van der Waals surface area contributed by atoms with Gasteiger partial charge in [-0.3, -0.25) is 4.79 Å². The average molecular weight is 277 g/mol. The summed E-state index contributed by atoms with van der Waals surface area (Å²) in [6.45, 7) is 0. The summed E-state index contributed by atoms with van der Waals surface area (Å²) in [5.41, 5.74) is 0.519. The fourth-order valence-corrected chi connectivity index (χ4v) is 1.56. The lowest BCUT2D eigenvalue weighted by Crippen LogP contribution is -2.14. The summed E-state index contributed by atoms with van der Waals surface area (Å²) in [7, 11) is 3.67. The zero-order chi connectivity index (χ0) is 14.7. The number of carbonyl (C=O) groups is 1. The Kier molecular flexibility index (Phi) is 3.93. The van der Waals surface area contributed by atoms with E-state index in [1.165, 1.54) is 12.3 Å². The Morgan fingerprint density at radius 3 is 2.45 bits per heavy atom. The Hall–Kier alpha value is -2.50. The molecule has 1 aromatic heterocycles. The molecule has 0 aliphatic heterocycles. The molecule has 0 spiro atoms. The molecule has 0 saturated heterocycles. The zero-order valence-corrected chi connectivity index (χ0v) is 11.0. The molecule has 0 bridgehead atoms. The predicted molar refractivity (Wildman–Crippen MR) is 72.9 cm³/mol. The summed E-state index contributed by atoms with van der Waals surface area (Å²) in [5.74, 6) is -1.69. The molecule has 6 heteroatoms. The maximum atomic E-state index is 13.0. The van der Waals surface area contributed by atoms with Gasteiger partial charge in [0.2, 0.25) is 0 Å². The number of amides is 1. The van der Waals surface area contributed by atoms with Crippen molar-refractivity contribution in [3.8, 4) is 0 Å². The normalized spacial score (nSPS) is 10.2. The maximum absolute atomic E-state index is 13.0. The van der Waals surface area contributed by atoms with E-state index < -0.39 is 17.5 Å². The number of hydrogen-bond acceptors (Lipinski definition) is 3. The molecule has 0 aliphatic rings. The Morgan fingerprint density at radius 2 is 1.90 bits per heavy atom. The van der Waals surface area contributed by atoms with Crippen LogP contribution in [0.15, 0.2) is 36.5 Å². The Labute approximate surface area is 115 Å². The summed E-state index contributed by atoms with van der Waals surface area (Å²) < 4.78 is 25.8. The molecular weight excluding hydrogens is 264 g/mol. The summed E-state index contributed by atoms with van der Waals surface area (Å²) in [4.78, 5) is 17.8. The monoisotopic (exact) mass is 277 g/mol. The summed E-state index contributed by atoms with van der Waals surface area (Å²) >= 11 is 0. The van der Waals surface area contributed by atoms with Gasteiger partial charge in [0.05, 0.1) is 5.56 Å². The van der Waals surface area contributed by atoms with Crippen LogP contribution in [0.5, 0.6) is 0 Å². The molecule has 104 valence electrons. The fraction of sp³-hybridized carbons (Fsp3) is 0.143. The predicted octanol–water partition coefficient (Wildman–Crippen LogP) is 2.68. The van der Waals surface area contributed by atoms with Crippen LogP contribution in [0.2, 0.25) is 0 Å². The number of hydrogen-bond donors (Lipinski definition) is 1. The number of nitrogens with one attached hydrogen (secondary N) is 1. The largest absolute Gasteiger partial charge is 0.363 e. The van der Waals surface area contributed by atoms with Gasteiger partial charge in [0.1, 0.15) is 5.82 Å². The maximum Gasteiger partial charge on any atom is 0.257 e. The SMILES string of the molecule is CN(C)c1ccc(C(=O)Nc2ccc(F)c(F)c2)cn1. The van der Waals surface area contributed by atoms with Crippen molar-refractivity contribution in [2.45, 2.75) is 0 Å². The highest BCUT2D eigenvalue weighted by molar-refractivity contribution is 6.04. The second-order valence-corrected chi connectivity index (χ2v) is 4.38. The highest BCUT2D eigenvalue weighted by atomic mass is 19.2. The van der Waals surface area contributed by atoms with Crippen molar-refractivity contribution in [2.75, 3.05) is 24.3 Å². The molecule has 0 radical (unpaired) electrons. The van der Waals surface area contributed by atoms with Gasteiger partial charge in [0.15, 0.2) is 11.6 Å². The van der Waals surface area contributed by atoms with Gasteiger partial charge in [-0.2, -0.15) is 0 Å². The first-order valence-corrected chi connectivity index (χ1v) is 5.87. The number of aromatic nitrogens is 1. The number of carbonyl (C=O) groups excluding carboxylic acids is 1. The van der Waals surface area contributed by atoms with Crippen molar-refractivity contribution in [3.63, 3.8) is 0 Å². The van der Waals surface area contributed by atoms with Crippen LogP contribution in [0, 0.1) is 11.6 Å². The number of benzene rings is 1. The van der Waals surface area contributed by atoms with Gasteiger partial charge in [0.25, 0.3) is 5.91 Å². The molecule has 0 fully saturated rings. The van der Waals surface area contributed by atoms with E-state index in [1.54, 1.807) is 17.0 Å². The van der Waals surface area contributed by atoms with Gasteiger partial charge in [-0.05, 0) is 24.3 Å². The minimum atomic E-state index is -1.01. The average Bonchev–Trinajstić information content (AvgIpc) is 2.43. The molecule has 0 unspecified atom stereocenters. The number of halogens is 2. The van der Waals surface area contributed by atoms with Gasteiger partial charge in [-0.25, -0.2) is 13.8 Å². The van der Waals surface area contributed by atoms with Crippen molar-refractivity contribution in [3.05, 3.63) is 53.7 Å². The van der Waals surface area contributed by atoms with Crippen LogP contribution in [0.3, 0.4) is 0 Å². The molecule has 1 amide bonds. The standard InChI is InChI=1S/C14H13F2N3O/c1-19(2)13-6-3-9(8-17-13)14(20)18-10-4-5-11(15)12(16)7-10/h3-8H,1-2H3,(H,18,20). The van der Waals surface area contributed by atoms with E-state index in [-0.39, 0.29) is 5.69 Å². The minimum absolute atomic E-state index is 0.186. The highest BCUT2D eigenvalue weighted by Crippen LogP contribution is 2.15. The van der Waals surface area contributed by atoms with E-state index in [0.717, 1.165) is 18.0 Å². The van der Waals surface area contributed by atoms with Gasteiger partial charge < -0.3 is 10.2 Å². The number of anilines is 2. The van der Waals surface area contributed by atoms with Crippen LogP contribution in [0.25, 0.3) is 0 Å². The molecule has 1 N–H and O–H groups in total. The first-order valence-electron chi connectivity index (χ1n) is 5.87. The van der Waals surface area contributed by atoms with Crippen molar-refractivity contribution in [1.29, 1.82) is 0 Å². The number of pyridine rings is 1. The minimum Gasteiger partial charge on any atom is -0.363 e. The van der Waals surface area contributed by atoms with E-state index in [4.69, 9.17) is 0 Å². The molecule has 1 aromatic carbocycles. The third-order valence-corrected chi connectivity index (χ3v) is 2.65. The lowest BCUT2D eigenvalue weighted by atomic mass is 10.2. The van der Waals surface area contributed by atoms with Crippen LogP contribution in [-0.4, -0.2) is 25.0 Å². The molecule has 1 heterocycles. The summed E-state index contributed by atoms with van der Waals surface area (Å²) in [6.07, 6.45) is 1.42. The van der Waals surface area contributed by atoms with Crippen LogP contribution in [0.4, 0.5) is 20.3 Å². The quantitative estimate of drug-likeness (QED) is 0.938. The first-order chi connectivity index (χ1) is 9.47. The second kappa shape index (κ2) is 5.64. The van der Waals surface area contributed by atoms with E-state index in [9.17, 15) is 13.6 Å².